The average Bonchev–Trinajstić information content (AvgIpc) is 3.32. The number of amides is 1. The quantitative estimate of drug-likeness (QED) is 0.613. The van der Waals surface area contributed by atoms with E-state index in [9.17, 15) is 4.79 Å². The van der Waals surface area contributed by atoms with Gasteiger partial charge in [-0.25, -0.2) is 0 Å². The third kappa shape index (κ3) is 3.95. The Balaban J connectivity index is 1.54. The summed E-state index contributed by atoms with van der Waals surface area (Å²) in [6.45, 7) is 0.670. The summed E-state index contributed by atoms with van der Waals surface area (Å²) >= 11 is 3.14. The first-order valence-electron chi connectivity index (χ1n) is 8.09. The molecule has 1 N–H and O–H groups in total. The van der Waals surface area contributed by atoms with Crippen molar-refractivity contribution in [2.24, 2.45) is 0 Å². The summed E-state index contributed by atoms with van der Waals surface area (Å²) in [4.78, 5) is 12.7. The second kappa shape index (κ2) is 7.97. The van der Waals surface area contributed by atoms with Crippen LogP contribution in [0.15, 0.2) is 22.7 Å². The highest BCUT2D eigenvalue weighted by Gasteiger charge is 2.23. The van der Waals surface area contributed by atoms with Crippen molar-refractivity contribution >= 4 is 29.0 Å². The first-order valence-corrected chi connectivity index (χ1v) is 10.2. The van der Waals surface area contributed by atoms with Crippen molar-refractivity contribution in [2.45, 2.75) is 49.7 Å². The van der Waals surface area contributed by atoms with Crippen LogP contribution < -0.4 is 5.32 Å². The van der Waals surface area contributed by atoms with Gasteiger partial charge in [0, 0.05) is 19.0 Å². The van der Waals surface area contributed by atoms with Crippen molar-refractivity contribution in [2.75, 3.05) is 12.8 Å². The molecule has 2 aromatic heterocycles. The van der Waals surface area contributed by atoms with Gasteiger partial charge >= 0.3 is 0 Å². The lowest BCUT2D eigenvalue weighted by molar-refractivity contribution is 0.0957. The Bertz CT molecular complexity index is 633. The molecule has 1 aliphatic carbocycles. The largest absolute Gasteiger partial charge is 0.351 e. The lowest BCUT2D eigenvalue weighted by atomic mass is 10.2. The second-order valence-electron chi connectivity index (χ2n) is 5.75. The van der Waals surface area contributed by atoms with Gasteiger partial charge in [-0.15, -0.1) is 21.5 Å². The zero-order chi connectivity index (χ0) is 16.1. The van der Waals surface area contributed by atoms with Gasteiger partial charge in [0.1, 0.15) is 5.82 Å². The van der Waals surface area contributed by atoms with E-state index in [1.165, 1.54) is 37.0 Å². The van der Waals surface area contributed by atoms with Gasteiger partial charge in [-0.05, 0) is 37.0 Å². The topological polar surface area (TPSA) is 59.8 Å². The van der Waals surface area contributed by atoms with Gasteiger partial charge in [0.05, 0.1) is 4.88 Å². The third-order valence-electron chi connectivity index (χ3n) is 4.22. The highest BCUT2D eigenvalue weighted by atomic mass is 32.2. The van der Waals surface area contributed by atoms with Crippen LogP contribution in [0.5, 0.6) is 0 Å². The molecule has 0 radical (unpaired) electrons. The number of nitrogens with one attached hydrogen (secondary N) is 1. The van der Waals surface area contributed by atoms with Crippen molar-refractivity contribution in [1.82, 2.24) is 20.1 Å². The van der Waals surface area contributed by atoms with Gasteiger partial charge in [0.25, 0.3) is 5.91 Å². The summed E-state index contributed by atoms with van der Waals surface area (Å²) < 4.78 is 2.33. The number of aryl methyl sites for hydroxylation is 1. The van der Waals surface area contributed by atoms with E-state index >= 15 is 0 Å². The highest BCUT2D eigenvalue weighted by molar-refractivity contribution is 7.98. The molecule has 124 valence electrons. The lowest BCUT2D eigenvalue weighted by Crippen LogP contribution is -2.24. The number of thioether (sulfide) groups is 1. The molecule has 1 aliphatic rings. The molecule has 0 aliphatic heterocycles. The Morgan fingerprint density at radius 2 is 2.26 bits per heavy atom. The number of rotatable bonds is 7. The van der Waals surface area contributed by atoms with Crippen LogP contribution in [0.25, 0.3) is 0 Å². The van der Waals surface area contributed by atoms with E-state index in [0.717, 1.165) is 28.7 Å². The molecule has 0 aromatic carbocycles. The van der Waals surface area contributed by atoms with Gasteiger partial charge in [0.15, 0.2) is 5.16 Å². The Hall–Kier alpha value is -1.34. The van der Waals surface area contributed by atoms with Crippen molar-refractivity contribution in [3.05, 3.63) is 28.2 Å². The number of carbonyl (C=O) groups excluding carboxylic acids is 1. The number of thiophene rings is 1. The number of aromatic nitrogens is 3. The van der Waals surface area contributed by atoms with Crippen molar-refractivity contribution in [3.63, 3.8) is 0 Å². The fraction of sp³-hybridized carbons (Fsp3) is 0.562. The van der Waals surface area contributed by atoms with Crippen molar-refractivity contribution in [1.29, 1.82) is 0 Å². The SMILES string of the molecule is CSc1nnc(CCCNC(=O)c2cccs2)n1C1CCCC1. The monoisotopic (exact) mass is 350 g/mol. The summed E-state index contributed by atoms with van der Waals surface area (Å²) in [5, 5.41) is 14.6. The van der Waals surface area contributed by atoms with Crippen LogP contribution in [0.2, 0.25) is 0 Å². The van der Waals surface area contributed by atoms with E-state index in [4.69, 9.17) is 0 Å². The van der Waals surface area contributed by atoms with Gasteiger partial charge < -0.3 is 9.88 Å². The predicted octanol–water partition coefficient (Wildman–Crippen LogP) is 3.54. The molecule has 2 heterocycles. The normalized spacial score (nSPS) is 15.2. The molecule has 0 bridgehead atoms. The molecule has 23 heavy (non-hydrogen) atoms. The van der Waals surface area contributed by atoms with Crippen molar-refractivity contribution in [3.8, 4) is 0 Å². The Morgan fingerprint density at radius 1 is 1.43 bits per heavy atom. The molecular weight excluding hydrogens is 328 g/mol. The molecule has 3 rings (SSSR count). The molecule has 1 saturated carbocycles. The maximum atomic E-state index is 11.9. The number of nitrogens with zero attached hydrogens (tertiary/aromatic N) is 3. The van der Waals surface area contributed by atoms with Gasteiger partial charge in [-0.1, -0.05) is 30.7 Å². The maximum Gasteiger partial charge on any atom is 0.261 e. The molecule has 5 nitrogen and oxygen atoms in total. The van der Waals surface area contributed by atoms with Gasteiger partial charge in [-0.2, -0.15) is 0 Å². The third-order valence-corrected chi connectivity index (χ3v) is 5.73. The molecule has 0 spiro atoms. The molecule has 0 saturated heterocycles. The van der Waals surface area contributed by atoms with Gasteiger partial charge in [-0.3, -0.25) is 4.79 Å². The van der Waals surface area contributed by atoms with Crippen LogP contribution in [0, 0.1) is 0 Å². The minimum atomic E-state index is 0.0158. The molecule has 0 atom stereocenters. The Kier molecular flexibility index (Phi) is 5.72. The fourth-order valence-corrected chi connectivity index (χ4v) is 4.30. The van der Waals surface area contributed by atoms with E-state index in [0.29, 0.717) is 12.6 Å². The van der Waals surface area contributed by atoms with Crippen LogP contribution >= 0.6 is 23.1 Å². The summed E-state index contributed by atoms with van der Waals surface area (Å²) in [5.41, 5.74) is 0. The average molecular weight is 351 g/mol. The van der Waals surface area contributed by atoms with Crippen LogP contribution in [0.1, 0.15) is 53.6 Å². The summed E-state index contributed by atoms with van der Waals surface area (Å²) in [7, 11) is 0. The minimum absolute atomic E-state index is 0.0158. The molecule has 1 fully saturated rings. The first kappa shape index (κ1) is 16.5. The molecule has 0 unspecified atom stereocenters. The van der Waals surface area contributed by atoms with Crippen LogP contribution in [-0.2, 0) is 6.42 Å². The zero-order valence-corrected chi connectivity index (χ0v) is 15.0. The lowest BCUT2D eigenvalue weighted by Gasteiger charge is -2.16. The van der Waals surface area contributed by atoms with E-state index < -0.39 is 0 Å². The number of carbonyl (C=O) groups is 1. The number of hydrogen-bond donors (Lipinski definition) is 1. The standard InChI is InChI=1S/C16H22N4OS2/c1-22-16-19-18-14(20(16)12-6-2-3-7-12)9-4-10-17-15(21)13-8-5-11-23-13/h5,8,11-12H,2-4,6-7,9-10H2,1H3,(H,17,21). The van der Waals surface area contributed by atoms with Crippen LogP contribution in [0.4, 0.5) is 0 Å². The van der Waals surface area contributed by atoms with Crippen LogP contribution in [-0.4, -0.2) is 33.5 Å². The van der Waals surface area contributed by atoms with Crippen LogP contribution in [0.3, 0.4) is 0 Å². The first-order chi connectivity index (χ1) is 11.3. The van der Waals surface area contributed by atoms with E-state index in [-0.39, 0.29) is 5.91 Å². The molecule has 7 heteroatoms. The van der Waals surface area contributed by atoms with Crippen molar-refractivity contribution < 1.29 is 4.79 Å². The zero-order valence-electron chi connectivity index (χ0n) is 13.3. The van der Waals surface area contributed by atoms with E-state index in [1.807, 2.05) is 17.5 Å². The Labute approximate surface area is 144 Å². The highest BCUT2D eigenvalue weighted by Crippen LogP contribution is 2.33. The Morgan fingerprint density at radius 3 is 2.96 bits per heavy atom. The fourth-order valence-electron chi connectivity index (χ4n) is 3.09. The molecule has 2 aromatic rings. The van der Waals surface area contributed by atoms with E-state index in [2.05, 4.69) is 26.3 Å². The summed E-state index contributed by atoms with van der Waals surface area (Å²) in [6.07, 6.45) is 8.85. The maximum absolute atomic E-state index is 11.9. The second-order valence-corrected chi connectivity index (χ2v) is 7.47. The molecular formula is C16H22N4OS2. The smallest absolute Gasteiger partial charge is 0.261 e. The minimum Gasteiger partial charge on any atom is -0.351 e. The summed E-state index contributed by atoms with van der Waals surface area (Å²) in [5.74, 6) is 1.08. The summed E-state index contributed by atoms with van der Waals surface area (Å²) in [6, 6.07) is 4.30. The number of hydrogen-bond acceptors (Lipinski definition) is 5. The predicted molar refractivity (Wildman–Crippen MR) is 94.3 cm³/mol. The van der Waals surface area contributed by atoms with Gasteiger partial charge in [0.2, 0.25) is 0 Å². The van der Waals surface area contributed by atoms with E-state index in [1.54, 1.807) is 11.8 Å². The molecule has 1 amide bonds.